The fourth-order valence-electron chi connectivity index (χ4n) is 1.89. The normalized spacial score (nSPS) is 22.9. The van der Waals surface area contributed by atoms with Gasteiger partial charge in [-0.25, -0.2) is 9.79 Å². The van der Waals surface area contributed by atoms with Crippen molar-refractivity contribution < 1.29 is 22.7 Å². The molecule has 0 radical (unpaired) electrons. The molecule has 0 aliphatic carbocycles. The lowest BCUT2D eigenvalue weighted by Crippen LogP contribution is -2.30. The van der Waals surface area contributed by atoms with E-state index < -0.39 is 23.6 Å². The van der Waals surface area contributed by atoms with Crippen LogP contribution in [0.4, 0.5) is 13.2 Å². The molecule has 1 heterocycles. The summed E-state index contributed by atoms with van der Waals surface area (Å²) in [6.07, 6.45) is -3.50. The highest BCUT2D eigenvalue weighted by atomic mass is 19.4. The van der Waals surface area contributed by atoms with Gasteiger partial charge in [-0.1, -0.05) is 36.4 Å². The molecule has 6 heteroatoms. The van der Waals surface area contributed by atoms with E-state index in [2.05, 4.69) is 16.3 Å². The van der Waals surface area contributed by atoms with Crippen LogP contribution in [0, 0.1) is 0 Å². The predicted octanol–water partition coefficient (Wildman–Crippen LogP) is 2.98. The number of halogens is 3. The Labute approximate surface area is 107 Å². The first kappa shape index (κ1) is 13.3. The molecule has 1 aromatic carbocycles. The second-order valence-corrected chi connectivity index (χ2v) is 4.02. The average Bonchev–Trinajstić information content (AvgIpc) is 2.70. The van der Waals surface area contributed by atoms with Gasteiger partial charge in [0.15, 0.2) is 5.54 Å². The zero-order valence-corrected chi connectivity index (χ0v) is 9.78. The molecule has 0 N–H and O–H groups in total. The van der Waals surface area contributed by atoms with Crippen molar-refractivity contribution in [2.75, 3.05) is 0 Å². The maximum atomic E-state index is 12.6. The van der Waals surface area contributed by atoms with Crippen molar-refractivity contribution >= 4 is 11.9 Å². The van der Waals surface area contributed by atoms with Crippen molar-refractivity contribution in [2.45, 2.75) is 18.1 Å². The zero-order chi connectivity index (χ0) is 14.1. The Morgan fingerprint density at radius 3 is 2.42 bits per heavy atom. The summed E-state index contributed by atoms with van der Waals surface area (Å²) >= 11 is 0. The van der Waals surface area contributed by atoms with Crippen molar-refractivity contribution in [3.8, 4) is 0 Å². The number of carbonyl (C=O) groups is 1. The molecule has 0 bridgehead atoms. The summed E-state index contributed by atoms with van der Waals surface area (Å²) < 4.78 is 42.1. The molecule has 100 valence electrons. The minimum absolute atomic E-state index is 0.0601. The van der Waals surface area contributed by atoms with Gasteiger partial charge in [-0.05, 0) is 5.56 Å². The Balaban J connectivity index is 2.55. The van der Waals surface area contributed by atoms with E-state index in [0.717, 1.165) is 0 Å². The number of nitrogens with zero attached hydrogens (tertiary/aromatic N) is 1. The van der Waals surface area contributed by atoms with Crippen LogP contribution in [0.15, 0.2) is 48.0 Å². The summed E-state index contributed by atoms with van der Waals surface area (Å²) in [6.45, 7) is 3.46. The molecule has 0 fully saturated rings. The Bertz CT molecular complexity index is 537. The third-order valence-electron chi connectivity index (χ3n) is 2.75. The third kappa shape index (κ3) is 2.25. The first-order chi connectivity index (χ1) is 8.90. The minimum Gasteiger partial charge on any atom is -0.400 e. The van der Waals surface area contributed by atoms with Crippen LogP contribution in [-0.2, 0) is 15.1 Å². The lowest BCUT2D eigenvalue weighted by molar-refractivity contribution is -0.143. The fraction of sp³-hybridized carbons (Fsp3) is 0.231. The smallest absolute Gasteiger partial charge is 0.400 e. The second-order valence-electron chi connectivity index (χ2n) is 4.02. The standard InChI is InChI=1S/C13H10F3NO2/c1-2-8-12(9-6-4-3-5-7-9)11(18)19-10(17-12)13(14,15)16/h2-7H,1,8H2. The van der Waals surface area contributed by atoms with Crippen LogP contribution in [0.3, 0.4) is 0 Å². The number of rotatable bonds is 3. The van der Waals surface area contributed by atoms with Gasteiger partial charge in [0, 0.05) is 6.42 Å². The Morgan fingerprint density at radius 1 is 1.32 bits per heavy atom. The van der Waals surface area contributed by atoms with Crippen molar-refractivity contribution in [1.82, 2.24) is 0 Å². The molecular formula is C13H10F3NO2. The van der Waals surface area contributed by atoms with E-state index in [4.69, 9.17) is 0 Å². The summed E-state index contributed by atoms with van der Waals surface area (Å²) in [5, 5.41) is 0. The largest absolute Gasteiger partial charge is 0.468 e. The average molecular weight is 269 g/mol. The van der Waals surface area contributed by atoms with Crippen molar-refractivity contribution in [3.63, 3.8) is 0 Å². The van der Waals surface area contributed by atoms with Crippen LogP contribution in [0.2, 0.25) is 0 Å². The van der Waals surface area contributed by atoms with Gasteiger partial charge in [0.05, 0.1) is 0 Å². The number of hydrogen-bond acceptors (Lipinski definition) is 3. The molecule has 2 rings (SSSR count). The van der Waals surface area contributed by atoms with Crippen LogP contribution < -0.4 is 0 Å². The molecule has 0 amide bonds. The summed E-state index contributed by atoms with van der Waals surface area (Å²) in [7, 11) is 0. The molecule has 0 spiro atoms. The van der Waals surface area contributed by atoms with Gasteiger partial charge in [0.1, 0.15) is 0 Å². The first-order valence-corrected chi connectivity index (χ1v) is 5.46. The number of hydrogen-bond donors (Lipinski definition) is 0. The van der Waals surface area contributed by atoms with Crippen LogP contribution in [0.25, 0.3) is 0 Å². The zero-order valence-electron chi connectivity index (χ0n) is 9.78. The summed E-state index contributed by atoms with van der Waals surface area (Å²) in [4.78, 5) is 15.3. The molecule has 0 saturated carbocycles. The van der Waals surface area contributed by atoms with E-state index in [1.807, 2.05) is 0 Å². The third-order valence-corrected chi connectivity index (χ3v) is 2.75. The maximum Gasteiger partial charge on any atom is 0.468 e. The van der Waals surface area contributed by atoms with Crippen molar-refractivity contribution in [1.29, 1.82) is 0 Å². The SMILES string of the molecule is C=CCC1(c2ccccc2)N=C(C(F)(F)F)OC1=O. The highest BCUT2D eigenvalue weighted by Crippen LogP contribution is 2.38. The molecule has 1 aliphatic heterocycles. The molecule has 19 heavy (non-hydrogen) atoms. The second kappa shape index (κ2) is 4.53. The molecule has 3 nitrogen and oxygen atoms in total. The number of ether oxygens (including phenoxy) is 1. The van der Waals surface area contributed by atoms with Gasteiger partial charge in [-0.3, -0.25) is 0 Å². The number of benzene rings is 1. The molecule has 1 unspecified atom stereocenters. The van der Waals surface area contributed by atoms with Gasteiger partial charge >= 0.3 is 18.0 Å². The summed E-state index contributed by atoms with van der Waals surface area (Å²) in [5.74, 6) is -2.55. The highest BCUT2D eigenvalue weighted by Gasteiger charge is 2.53. The Kier molecular flexibility index (Phi) is 3.18. The monoisotopic (exact) mass is 269 g/mol. The molecule has 1 aromatic rings. The molecule has 1 aliphatic rings. The van der Waals surface area contributed by atoms with Gasteiger partial charge < -0.3 is 4.74 Å². The predicted molar refractivity (Wildman–Crippen MR) is 62.5 cm³/mol. The summed E-state index contributed by atoms with van der Waals surface area (Å²) in [5.41, 5.74) is -1.34. The van der Waals surface area contributed by atoms with Gasteiger partial charge in [0.2, 0.25) is 0 Å². The Hall–Kier alpha value is -2.11. The molecule has 0 saturated heterocycles. The van der Waals surface area contributed by atoms with Crippen molar-refractivity contribution in [2.24, 2.45) is 4.99 Å². The van der Waals surface area contributed by atoms with E-state index in [0.29, 0.717) is 5.56 Å². The van der Waals surface area contributed by atoms with Gasteiger partial charge in [-0.15, -0.1) is 6.58 Å². The molecule has 0 aromatic heterocycles. The fourth-order valence-corrected chi connectivity index (χ4v) is 1.89. The maximum absolute atomic E-state index is 12.6. The van der Waals surface area contributed by atoms with Crippen molar-refractivity contribution in [3.05, 3.63) is 48.6 Å². The minimum atomic E-state index is -4.78. The number of aliphatic imine (C=N–C) groups is 1. The van der Waals surface area contributed by atoms with Gasteiger partial charge in [0.25, 0.3) is 0 Å². The van der Waals surface area contributed by atoms with E-state index >= 15 is 0 Å². The highest BCUT2D eigenvalue weighted by molar-refractivity contribution is 6.02. The van der Waals surface area contributed by atoms with E-state index in [1.165, 1.54) is 18.2 Å². The van der Waals surface area contributed by atoms with Crippen LogP contribution in [0.1, 0.15) is 12.0 Å². The number of alkyl halides is 3. The van der Waals surface area contributed by atoms with E-state index in [-0.39, 0.29) is 6.42 Å². The molecule has 1 atom stereocenters. The van der Waals surface area contributed by atoms with Gasteiger partial charge in [-0.2, -0.15) is 13.2 Å². The van der Waals surface area contributed by atoms with E-state index in [1.54, 1.807) is 18.2 Å². The van der Waals surface area contributed by atoms with E-state index in [9.17, 15) is 18.0 Å². The van der Waals surface area contributed by atoms with Crippen LogP contribution in [0.5, 0.6) is 0 Å². The number of cyclic esters (lactones) is 1. The summed E-state index contributed by atoms with van der Waals surface area (Å²) in [6, 6.07) is 8.00. The van der Waals surface area contributed by atoms with Crippen LogP contribution in [-0.4, -0.2) is 18.0 Å². The first-order valence-electron chi connectivity index (χ1n) is 5.46. The quantitative estimate of drug-likeness (QED) is 0.625. The lowest BCUT2D eigenvalue weighted by Gasteiger charge is -2.20. The Morgan fingerprint density at radius 2 is 1.95 bits per heavy atom. The topological polar surface area (TPSA) is 38.7 Å². The number of esters is 1. The van der Waals surface area contributed by atoms with Crippen LogP contribution >= 0.6 is 0 Å². The number of carbonyl (C=O) groups excluding carboxylic acids is 1. The lowest BCUT2D eigenvalue weighted by atomic mass is 9.88. The molecular weight excluding hydrogens is 259 g/mol.